The lowest BCUT2D eigenvalue weighted by Gasteiger charge is -2.33. The number of nitrogens with one attached hydrogen (secondary N) is 1. The maximum Gasteiger partial charge on any atom is 0.413 e. The number of allylic oxidation sites excluding steroid dienone is 2. The van der Waals surface area contributed by atoms with E-state index in [1.165, 1.54) is 25.2 Å². The van der Waals surface area contributed by atoms with E-state index in [1.807, 2.05) is 0 Å². The number of ether oxygens (including phenoxy) is 1. The van der Waals surface area contributed by atoms with E-state index in [0.717, 1.165) is 0 Å². The van der Waals surface area contributed by atoms with Crippen LogP contribution in [0.3, 0.4) is 0 Å². The maximum absolute atomic E-state index is 11.9. The molecule has 2 N–H and O–H groups in total. The fourth-order valence-electron chi connectivity index (χ4n) is 2.08. The Morgan fingerprint density at radius 2 is 1.95 bits per heavy atom. The number of amides is 1. The zero-order valence-corrected chi connectivity index (χ0v) is 12.1. The van der Waals surface area contributed by atoms with Crippen LogP contribution < -0.4 is 10.1 Å². The average Bonchev–Trinajstić information content (AvgIpc) is 2.38. The van der Waals surface area contributed by atoms with Crippen molar-refractivity contribution < 1.29 is 22.5 Å². The van der Waals surface area contributed by atoms with Crippen molar-refractivity contribution in [2.24, 2.45) is 0 Å². The number of hydrogen-bond acceptors (Lipinski definition) is 4. The Kier molecular flexibility index (Phi) is 4.15. The molecule has 1 amide bonds. The van der Waals surface area contributed by atoms with E-state index in [0.29, 0.717) is 5.75 Å². The summed E-state index contributed by atoms with van der Waals surface area (Å²) in [7, 11) is -4.36. The Labute approximate surface area is 122 Å². The van der Waals surface area contributed by atoms with Crippen LogP contribution in [0.5, 0.6) is 5.75 Å². The minimum Gasteiger partial charge on any atom is -0.410 e. The molecular weight excluding hydrogens is 294 g/mol. The topological polar surface area (TPSA) is 92.7 Å². The zero-order chi connectivity index (χ0) is 15.5. The molecule has 6 nitrogen and oxygen atoms in total. The molecule has 1 aromatic rings. The molecule has 2 rings (SSSR count). The van der Waals surface area contributed by atoms with Crippen molar-refractivity contribution in [3.8, 4) is 5.75 Å². The van der Waals surface area contributed by atoms with Crippen LogP contribution in [0.2, 0.25) is 0 Å². The SMILES string of the molecule is CC1(NC(=O)Oc2ccccc2)C=CC=CC1S(=O)(=O)O. The largest absolute Gasteiger partial charge is 0.413 e. The van der Waals surface area contributed by atoms with Gasteiger partial charge in [0.15, 0.2) is 0 Å². The van der Waals surface area contributed by atoms with Crippen LogP contribution in [0, 0.1) is 0 Å². The van der Waals surface area contributed by atoms with Gasteiger partial charge in [-0.3, -0.25) is 4.55 Å². The lowest BCUT2D eigenvalue weighted by molar-refractivity contribution is 0.191. The standard InChI is InChI=1S/C14H15NO5S/c1-14(10-6-5-9-12(14)21(17,18)19)15-13(16)20-11-7-3-2-4-8-11/h2-10,12H,1H3,(H,15,16)(H,17,18,19). The Hall–Kier alpha value is -2.12. The number of para-hydroxylation sites is 1. The van der Waals surface area contributed by atoms with Gasteiger partial charge in [0.1, 0.15) is 11.0 Å². The second-order valence-corrected chi connectivity index (χ2v) is 6.33. The summed E-state index contributed by atoms with van der Waals surface area (Å²) in [5.74, 6) is 0.331. The summed E-state index contributed by atoms with van der Waals surface area (Å²) < 4.78 is 37.2. The van der Waals surface area contributed by atoms with Crippen LogP contribution in [0.1, 0.15) is 6.92 Å². The molecule has 1 aliphatic carbocycles. The molecule has 0 radical (unpaired) electrons. The van der Waals surface area contributed by atoms with Gasteiger partial charge >= 0.3 is 6.09 Å². The van der Waals surface area contributed by atoms with Gasteiger partial charge in [0, 0.05) is 0 Å². The van der Waals surface area contributed by atoms with Crippen LogP contribution in [0.15, 0.2) is 54.6 Å². The number of rotatable bonds is 3. The van der Waals surface area contributed by atoms with E-state index in [9.17, 15) is 17.8 Å². The Bertz CT molecular complexity index is 681. The molecule has 0 fully saturated rings. The lowest BCUT2D eigenvalue weighted by atomic mass is 9.93. The van der Waals surface area contributed by atoms with Crippen molar-refractivity contribution in [3.63, 3.8) is 0 Å². The van der Waals surface area contributed by atoms with E-state index in [-0.39, 0.29) is 0 Å². The molecule has 21 heavy (non-hydrogen) atoms. The first-order valence-electron chi connectivity index (χ1n) is 6.19. The van der Waals surface area contributed by atoms with Crippen molar-refractivity contribution in [1.29, 1.82) is 0 Å². The number of hydrogen-bond donors (Lipinski definition) is 2. The summed E-state index contributed by atoms with van der Waals surface area (Å²) in [5.41, 5.74) is -1.30. The second-order valence-electron chi connectivity index (χ2n) is 4.79. The average molecular weight is 309 g/mol. The third-order valence-electron chi connectivity index (χ3n) is 3.08. The molecule has 0 aliphatic heterocycles. The van der Waals surface area contributed by atoms with Crippen LogP contribution in [-0.2, 0) is 10.1 Å². The van der Waals surface area contributed by atoms with E-state index in [4.69, 9.17) is 4.74 Å². The molecule has 0 saturated carbocycles. The molecule has 0 heterocycles. The van der Waals surface area contributed by atoms with Gasteiger partial charge < -0.3 is 10.1 Å². The predicted molar refractivity (Wildman–Crippen MR) is 77.6 cm³/mol. The summed E-state index contributed by atoms with van der Waals surface area (Å²) in [6.45, 7) is 1.48. The fraction of sp³-hybridized carbons (Fsp3) is 0.214. The van der Waals surface area contributed by atoms with Crippen LogP contribution in [0.4, 0.5) is 4.79 Å². The van der Waals surface area contributed by atoms with Gasteiger partial charge in [-0.1, -0.05) is 42.5 Å². The van der Waals surface area contributed by atoms with E-state index in [1.54, 1.807) is 36.4 Å². The Morgan fingerprint density at radius 3 is 2.57 bits per heavy atom. The molecular formula is C14H15NO5S. The Balaban J connectivity index is 2.14. The fourth-order valence-corrected chi connectivity index (χ4v) is 3.12. The molecule has 0 bridgehead atoms. The van der Waals surface area contributed by atoms with Crippen molar-refractivity contribution in [2.75, 3.05) is 0 Å². The van der Waals surface area contributed by atoms with Gasteiger partial charge in [-0.2, -0.15) is 8.42 Å². The molecule has 112 valence electrons. The van der Waals surface area contributed by atoms with Gasteiger partial charge in [0.05, 0.1) is 5.54 Å². The van der Waals surface area contributed by atoms with E-state index >= 15 is 0 Å². The highest BCUT2D eigenvalue weighted by Crippen LogP contribution is 2.24. The van der Waals surface area contributed by atoms with Crippen molar-refractivity contribution in [1.82, 2.24) is 5.32 Å². The zero-order valence-electron chi connectivity index (χ0n) is 11.3. The van der Waals surface area contributed by atoms with Gasteiger partial charge in [0.25, 0.3) is 10.1 Å². The highest BCUT2D eigenvalue weighted by Gasteiger charge is 2.41. The highest BCUT2D eigenvalue weighted by atomic mass is 32.2. The van der Waals surface area contributed by atoms with Crippen LogP contribution in [-0.4, -0.2) is 29.9 Å². The smallest absolute Gasteiger partial charge is 0.410 e. The minimum absolute atomic E-state index is 0.331. The normalized spacial score (nSPS) is 24.6. The lowest BCUT2D eigenvalue weighted by Crippen LogP contribution is -2.56. The minimum atomic E-state index is -4.36. The summed E-state index contributed by atoms with van der Waals surface area (Å²) >= 11 is 0. The number of carbonyl (C=O) groups is 1. The summed E-state index contributed by atoms with van der Waals surface area (Å²) in [6.07, 6.45) is 5.06. The van der Waals surface area contributed by atoms with Gasteiger partial charge in [0.2, 0.25) is 0 Å². The maximum atomic E-state index is 11.9. The molecule has 0 spiro atoms. The summed E-state index contributed by atoms with van der Waals surface area (Å²) in [4.78, 5) is 11.9. The first kappa shape index (κ1) is 15.3. The predicted octanol–water partition coefficient (Wildman–Crippen LogP) is 1.92. The van der Waals surface area contributed by atoms with Crippen molar-refractivity contribution in [3.05, 3.63) is 54.6 Å². The molecule has 7 heteroatoms. The van der Waals surface area contributed by atoms with Crippen molar-refractivity contribution in [2.45, 2.75) is 17.7 Å². The van der Waals surface area contributed by atoms with E-state index < -0.39 is 27.0 Å². The van der Waals surface area contributed by atoms with E-state index in [2.05, 4.69) is 5.32 Å². The molecule has 2 atom stereocenters. The first-order chi connectivity index (χ1) is 9.81. The second kappa shape index (κ2) is 5.71. The van der Waals surface area contributed by atoms with Crippen molar-refractivity contribution >= 4 is 16.2 Å². The third-order valence-corrected chi connectivity index (χ3v) is 4.37. The third kappa shape index (κ3) is 3.71. The number of benzene rings is 1. The molecule has 2 unspecified atom stereocenters. The first-order valence-corrected chi connectivity index (χ1v) is 7.69. The molecule has 1 aliphatic rings. The van der Waals surface area contributed by atoms with Gasteiger partial charge in [-0.25, -0.2) is 4.79 Å². The molecule has 1 aromatic carbocycles. The van der Waals surface area contributed by atoms with Gasteiger partial charge in [-0.15, -0.1) is 0 Å². The summed E-state index contributed by atoms with van der Waals surface area (Å²) in [6, 6.07) is 8.37. The quantitative estimate of drug-likeness (QED) is 0.832. The summed E-state index contributed by atoms with van der Waals surface area (Å²) in [5, 5.41) is 1.18. The van der Waals surface area contributed by atoms with Gasteiger partial charge in [-0.05, 0) is 19.1 Å². The molecule has 0 aromatic heterocycles. The monoisotopic (exact) mass is 309 g/mol. The van der Waals surface area contributed by atoms with Crippen LogP contribution >= 0.6 is 0 Å². The highest BCUT2D eigenvalue weighted by molar-refractivity contribution is 7.86. The molecule has 0 saturated heterocycles. The number of carbonyl (C=O) groups excluding carboxylic acids is 1. The Morgan fingerprint density at radius 1 is 1.29 bits per heavy atom. The van der Waals surface area contributed by atoms with Crippen LogP contribution in [0.25, 0.3) is 0 Å².